The van der Waals surface area contributed by atoms with Gasteiger partial charge in [-0.1, -0.05) is 19.9 Å². The monoisotopic (exact) mass is 224 g/mol. The van der Waals surface area contributed by atoms with Crippen LogP contribution in [-0.4, -0.2) is 25.3 Å². The van der Waals surface area contributed by atoms with Gasteiger partial charge < -0.3 is 14.6 Å². The van der Waals surface area contributed by atoms with E-state index in [1.807, 2.05) is 13.8 Å². The largest absolute Gasteiger partial charge is 0.504 e. The highest BCUT2D eigenvalue weighted by Crippen LogP contribution is 2.37. The standard InChI is InChI=1S/C12H16O4/c1-7(2)8-5-6-9(12(14)16-4)10(13)11(8)15-3/h5-7,13H,1-4H3. The van der Waals surface area contributed by atoms with Gasteiger partial charge in [0.25, 0.3) is 0 Å². The number of aromatic hydroxyl groups is 1. The molecular formula is C12H16O4. The molecule has 0 atom stereocenters. The maximum Gasteiger partial charge on any atom is 0.341 e. The van der Waals surface area contributed by atoms with Crippen LogP contribution in [0.3, 0.4) is 0 Å². The normalized spacial score (nSPS) is 10.3. The van der Waals surface area contributed by atoms with Crippen molar-refractivity contribution in [3.8, 4) is 11.5 Å². The summed E-state index contributed by atoms with van der Waals surface area (Å²) in [6, 6.07) is 3.30. The minimum absolute atomic E-state index is 0.115. The summed E-state index contributed by atoms with van der Waals surface area (Å²) in [6.07, 6.45) is 0. The quantitative estimate of drug-likeness (QED) is 0.800. The van der Waals surface area contributed by atoms with E-state index in [-0.39, 0.29) is 17.2 Å². The van der Waals surface area contributed by atoms with E-state index in [1.54, 1.807) is 12.1 Å². The van der Waals surface area contributed by atoms with Crippen molar-refractivity contribution in [2.24, 2.45) is 0 Å². The smallest absolute Gasteiger partial charge is 0.341 e. The highest BCUT2D eigenvalue weighted by Gasteiger charge is 2.19. The number of methoxy groups -OCH3 is 2. The molecule has 0 fully saturated rings. The van der Waals surface area contributed by atoms with Gasteiger partial charge in [-0.3, -0.25) is 0 Å². The summed E-state index contributed by atoms with van der Waals surface area (Å²) < 4.78 is 9.68. The first-order chi connectivity index (χ1) is 7.52. The lowest BCUT2D eigenvalue weighted by Gasteiger charge is -2.14. The van der Waals surface area contributed by atoms with Gasteiger partial charge in [0.05, 0.1) is 14.2 Å². The van der Waals surface area contributed by atoms with Crippen molar-refractivity contribution in [2.45, 2.75) is 19.8 Å². The molecule has 0 radical (unpaired) electrons. The van der Waals surface area contributed by atoms with Gasteiger partial charge in [0, 0.05) is 5.56 Å². The van der Waals surface area contributed by atoms with E-state index in [0.29, 0.717) is 5.75 Å². The number of carbonyl (C=O) groups is 1. The highest BCUT2D eigenvalue weighted by molar-refractivity contribution is 5.93. The number of phenolic OH excluding ortho intramolecular Hbond substituents is 1. The first kappa shape index (κ1) is 12.4. The molecule has 0 saturated heterocycles. The van der Waals surface area contributed by atoms with E-state index in [4.69, 9.17) is 4.74 Å². The Labute approximate surface area is 94.8 Å². The molecule has 4 nitrogen and oxygen atoms in total. The lowest BCUT2D eigenvalue weighted by Crippen LogP contribution is -2.04. The van der Waals surface area contributed by atoms with Crippen LogP contribution >= 0.6 is 0 Å². The van der Waals surface area contributed by atoms with Crippen molar-refractivity contribution < 1.29 is 19.4 Å². The molecule has 0 saturated carbocycles. The fraction of sp³-hybridized carbons (Fsp3) is 0.417. The Balaban J connectivity index is 3.34. The number of rotatable bonds is 3. The summed E-state index contributed by atoms with van der Waals surface area (Å²) in [6.45, 7) is 3.96. The molecule has 0 spiro atoms. The number of carbonyl (C=O) groups excluding carboxylic acids is 1. The zero-order valence-electron chi connectivity index (χ0n) is 9.90. The molecule has 0 aromatic heterocycles. The van der Waals surface area contributed by atoms with E-state index >= 15 is 0 Å². The van der Waals surface area contributed by atoms with Crippen LogP contribution < -0.4 is 4.74 Å². The number of ether oxygens (including phenoxy) is 2. The molecular weight excluding hydrogens is 208 g/mol. The number of phenols is 1. The first-order valence-electron chi connectivity index (χ1n) is 5.01. The Morgan fingerprint density at radius 2 is 1.94 bits per heavy atom. The predicted octanol–water partition coefficient (Wildman–Crippen LogP) is 2.31. The summed E-state index contributed by atoms with van der Waals surface area (Å²) in [7, 11) is 2.73. The fourth-order valence-electron chi connectivity index (χ4n) is 1.53. The van der Waals surface area contributed by atoms with Crippen LogP contribution in [0.2, 0.25) is 0 Å². The molecule has 0 amide bonds. The summed E-state index contributed by atoms with van der Waals surface area (Å²) in [5, 5.41) is 9.89. The van der Waals surface area contributed by atoms with Crippen LogP contribution in [-0.2, 0) is 4.74 Å². The second kappa shape index (κ2) is 4.88. The van der Waals surface area contributed by atoms with E-state index in [2.05, 4.69) is 4.74 Å². The van der Waals surface area contributed by atoms with Gasteiger partial charge in [0.2, 0.25) is 0 Å². The van der Waals surface area contributed by atoms with Crippen LogP contribution in [0.1, 0.15) is 35.7 Å². The van der Waals surface area contributed by atoms with Crippen molar-refractivity contribution in [2.75, 3.05) is 14.2 Å². The highest BCUT2D eigenvalue weighted by atomic mass is 16.5. The lowest BCUT2D eigenvalue weighted by molar-refractivity contribution is 0.0596. The Kier molecular flexibility index (Phi) is 3.77. The third-order valence-electron chi connectivity index (χ3n) is 2.39. The molecule has 0 unspecified atom stereocenters. The minimum Gasteiger partial charge on any atom is -0.504 e. The minimum atomic E-state index is -0.578. The number of hydrogen-bond acceptors (Lipinski definition) is 4. The first-order valence-corrected chi connectivity index (χ1v) is 5.01. The molecule has 1 rings (SSSR count). The van der Waals surface area contributed by atoms with Crippen molar-refractivity contribution in [3.63, 3.8) is 0 Å². The van der Waals surface area contributed by atoms with Crippen molar-refractivity contribution in [3.05, 3.63) is 23.3 Å². The molecule has 1 aromatic rings. The molecule has 16 heavy (non-hydrogen) atoms. The maximum atomic E-state index is 11.3. The Bertz CT molecular complexity index is 396. The average molecular weight is 224 g/mol. The molecule has 0 aliphatic heterocycles. The summed E-state index contributed by atoms with van der Waals surface area (Å²) in [4.78, 5) is 11.3. The zero-order valence-corrected chi connectivity index (χ0v) is 9.90. The molecule has 88 valence electrons. The van der Waals surface area contributed by atoms with Crippen LogP contribution in [0.5, 0.6) is 11.5 Å². The summed E-state index contributed by atoms with van der Waals surface area (Å²) in [5.41, 5.74) is 0.969. The van der Waals surface area contributed by atoms with Gasteiger partial charge in [-0.05, 0) is 12.0 Å². The third-order valence-corrected chi connectivity index (χ3v) is 2.39. The fourth-order valence-corrected chi connectivity index (χ4v) is 1.53. The molecule has 0 aliphatic rings. The van der Waals surface area contributed by atoms with E-state index < -0.39 is 5.97 Å². The third kappa shape index (κ3) is 2.10. The van der Waals surface area contributed by atoms with Crippen LogP contribution in [0.15, 0.2) is 12.1 Å². The second-order valence-corrected chi connectivity index (χ2v) is 3.73. The molecule has 0 aliphatic carbocycles. The zero-order chi connectivity index (χ0) is 12.3. The SMILES string of the molecule is COC(=O)c1ccc(C(C)C)c(OC)c1O. The van der Waals surface area contributed by atoms with Gasteiger partial charge in [0.15, 0.2) is 11.5 Å². The molecule has 0 bridgehead atoms. The topological polar surface area (TPSA) is 55.8 Å². The van der Waals surface area contributed by atoms with E-state index in [1.165, 1.54) is 14.2 Å². The Morgan fingerprint density at radius 1 is 1.31 bits per heavy atom. The van der Waals surface area contributed by atoms with Crippen LogP contribution in [0.25, 0.3) is 0 Å². The van der Waals surface area contributed by atoms with E-state index in [0.717, 1.165) is 5.56 Å². The van der Waals surface area contributed by atoms with Gasteiger partial charge >= 0.3 is 5.97 Å². The van der Waals surface area contributed by atoms with Crippen molar-refractivity contribution in [1.82, 2.24) is 0 Å². The molecule has 1 aromatic carbocycles. The number of esters is 1. The number of hydrogen-bond donors (Lipinski definition) is 1. The Morgan fingerprint density at radius 3 is 2.38 bits per heavy atom. The van der Waals surface area contributed by atoms with Gasteiger partial charge in [-0.25, -0.2) is 4.79 Å². The molecule has 0 heterocycles. The lowest BCUT2D eigenvalue weighted by atomic mass is 9.99. The molecule has 1 N–H and O–H groups in total. The summed E-state index contributed by atoms with van der Waals surface area (Å²) >= 11 is 0. The predicted molar refractivity (Wildman–Crippen MR) is 60.1 cm³/mol. The summed E-state index contributed by atoms with van der Waals surface area (Å²) in [5.74, 6) is -0.211. The van der Waals surface area contributed by atoms with Crippen LogP contribution in [0.4, 0.5) is 0 Å². The average Bonchev–Trinajstić information content (AvgIpc) is 2.27. The van der Waals surface area contributed by atoms with Crippen LogP contribution in [0, 0.1) is 0 Å². The van der Waals surface area contributed by atoms with E-state index in [9.17, 15) is 9.90 Å². The Hall–Kier alpha value is -1.71. The number of benzene rings is 1. The second-order valence-electron chi connectivity index (χ2n) is 3.73. The van der Waals surface area contributed by atoms with Gasteiger partial charge in [0.1, 0.15) is 5.56 Å². The maximum absolute atomic E-state index is 11.3. The van der Waals surface area contributed by atoms with Gasteiger partial charge in [-0.2, -0.15) is 0 Å². The van der Waals surface area contributed by atoms with Crippen molar-refractivity contribution >= 4 is 5.97 Å². The van der Waals surface area contributed by atoms with Gasteiger partial charge in [-0.15, -0.1) is 0 Å². The van der Waals surface area contributed by atoms with Crippen molar-refractivity contribution in [1.29, 1.82) is 0 Å². The molecule has 4 heteroatoms.